The standard InChI is InChI=1S/C13H11N3O3/c1-9(13-3-2-6-19-13)15-11-7-10(8-14)4-5-12(11)16(17)18/h2-7,9,15H,1H3. The van der Waals surface area contributed by atoms with Crippen LogP contribution in [0.1, 0.15) is 24.3 Å². The lowest BCUT2D eigenvalue weighted by molar-refractivity contribution is -0.384. The lowest BCUT2D eigenvalue weighted by atomic mass is 10.1. The number of nitrogens with one attached hydrogen (secondary N) is 1. The fourth-order valence-corrected chi connectivity index (χ4v) is 1.72. The second-order valence-corrected chi connectivity index (χ2v) is 3.98. The van der Waals surface area contributed by atoms with Gasteiger partial charge in [0.25, 0.3) is 5.69 Å². The number of rotatable bonds is 4. The molecule has 0 aliphatic rings. The van der Waals surface area contributed by atoms with Gasteiger partial charge in [0.05, 0.1) is 28.9 Å². The van der Waals surface area contributed by atoms with Crippen LogP contribution in [0.5, 0.6) is 0 Å². The van der Waals surface area contributed by atoms with Crippen molar-refractivity contribution in [3.8, 4) is 6.07 Å². The topological polar surface area (TPSA) is 92.1 Å². The third kappa shape index (κ3) is 2.72. The van der Waals surface area contributed by atoms with Crippen LogP contribution in [0.3, 0.4) is 0 Å². The van der Waals surface area contributed by atoms with E-state index in [1.807, 2.05) is 13.0 Å². The Hall–Kier alpha value is -2.81. The largest absolute Gasteiger partial charge is 0.467 e. The van der Waals surface area contributed by atoms with Gasteiger partial charge in [-0.25, -0.2) is 0 Å². The minimum Gasteiger partial charge on any atom is -0.467 e. The summed E-state index contributed by atoms with van der Waals surface area (Å²) in [4.78, 5) is 10.5. The van der Waals surface area contributed by atoms with Gasteiger partial charge < -0.3 is 9.73 Å². The molecule has 0 saturated heterocycles. The van der Waals surface area contributed by atoms with Crippen LogP contribution in [-0.2, 0) is 0 Å². The minimum atomic E-state index is -0.488. The van der Waals surface area contributed by atoms with E-state index in [0.717, 1.165) is 0 Å². The van der Waals surface area contributed by atoms with E-state index < -0.39 is 4.92 Å². The lowest BCUT2D eigenvalue weighted by Gasteiger charge is -2.13. The molecule has 1 aromatic heterocycles. The quantitative estimate of drug-likeness (QED) is 0.670. The van der Waals surface area contributed by atoms with Crippen molar-refractivity contribution in [3.05, 3.63) is 58.0 Å². The van der Waals surface area contributed by atoms with Crippen molar-refractivity contribution in [2.24, 2.45) is 0 Å². The Balaban J connectivity index is 2.32. The smallest absolute Gasteiger partial charge is 0.292 e. The van der Waals surface area contributed by atoms with Gasteiger partial charge in [-0.15, -0.1) is 0 Å². The summed E-state index contributed by atoms with van der Waals surface area (Å²) < 4.78 is 5.23. The van der Waals surface area contributed by atoms with E-state index in [9.17, 15) is 10.1 Å². The molecule has 0 saturated carbocycles. The van der Waals surface area contributed by atoms with E-state index in [1.54, 1.807) is 12.1 Å². The number of anilines is 1. The number of furan rings is 1. The van der Waals surface area contributed by atoms with Crippen LogP contribution in [0, 0.1) is 21.4 Å². The number of benzene rings is 1. The summed E-state index contributed by atoms with van der Waals surface area (Å²) in [6.45, 7) is 1.82. The highest BCUT2D eigenvalue weighted by Gasteiger charge is 2.17. The molecule has 6 heteroatoms. The molecule has 1 heterocycles. The van der Waals surface area contributed by atoms with Gasteiger partial charge in [0.2, 0.25) is 0 Å². The molecule has 6 nitrogen and oxygen atoms in total. The second kappa shape index (κ2) is 5.23. The highest BCUT2D eigenvalue weighted by molar-refractivity contribution is 5.64. The maximum Gasteiger partial charge on any atom is 0.292 e. The van der Waals surface area contributed by atoms with Gasteiger partial charge in [0.15, 0.2) is 0 Å². The number of nitro groups is 1. The van der Waals surface area contributed by atoms with Crippen LogP contribution in [0.2, 0.25) is 0 Å². The van der Waals surface area contributed by atoms with Gasteiger partial charge in [0, 0.05) is 6.07 Å². The maximum atomic E-state index is 10.9. The predicted octanol–water partition coefficient (Wildman–Crippen LogP) is 3.23. The average Bonchev–Trinajstić information content (AvgIpc) is 2.92. The summed E-state index contributed by atoms with van der Waals surface area (Å²) in [5.41, 5.74) is 0.588. The van der Waals surface area contributed by atoms with E-state index in [4.69, 9.17) is 9.68 Å². The van der Waals surface area contributed by atoms with Crippen molar-refractivity contribution in [1.29, 1.82) is 5.26 Å². The molecule has 0 radical (unpaired) electrons. The Bertz CT molecular complexity index is 629. The summed E-state index contributed by atoms with van der Waals surface area (Å²) >= 11 is 0. The summed E-state index contributed by atoms with van der Waals surface area (Å²) in [6.07, 6.45) is 1.54. The molecule has 96 valence electrons. The van der Waals surface area contributed by atoms with Gasteiger partial charge in [-0.05, 0) is 31.2 Å². The monoisotopic (exact) mass is 257 g/mol. The molecule has 19 heavy (non-hydrogen) atoms. The summed E-state index contributed by atoms with van der Waals surface area (Å²) in [6, 6.07) is 9.43. The SMILES string of the molecule is CC(Nc1cc(C#N)ccc1[N+](=O)[O-])c1ccco1. The van der Waals surface area contributed by atoms with Crippen LogP contribution >= 0.6 is 0 Å². The number of nitro benzene ring substituents is 1. The van der Waals surface area contributed by atoms with E-state index in [1.165, 1.54) is 24.5 Å². The first kappa shape index (κ1) is 12.6. The first-order valence-electron chi connectivity index (χ1n) is 5.60. The summed E-state index contributed by atoms with van der Waals surface area (Å²) in [7, 11) is 0. The Morgan fingerprint density at radius 2 is 2.26 bits per heavy atom. The van der Waals surface area contributed by atoms with E-state index in [2.05, 4.69) is 5.32 Å². The zero-order valence-electron chi connectivity index (χ0n) is 10.2. The predicted molar refractivity (Wildman–Crippen MR) is 68.6 cm³/mol. The minimum absolute atomic E-state index is 0.0718. The summed E-state index contributed by atoms with van der Waals surface area (Å²) in [5, 5.41) is 22.8. The molecule has 1 atom stereocenters. The Labute approximate surface area is 109 Å². The van der Waals surface area contributed by atoms with Crippen molar-refractivity contribution in [3.63, 3.8) is 0 Å². The van der Waals surface area contributed by atoms with Crippen molar-refractivity contribution in [2.75, 3.05) is 5.32 Å². The summed E-state index contributed by atoms with van der Waals surface area (Å²) in [5.74, 6) is 0.664. The molecule has 0 fully saturated rings. The first-order chi connectivity index (χ1) is 9.11. The first-order valence-corrected chi connectivity index (χ1v) is 5.60. The van der Waals surface area contributed by atoms with Crippen molar-refractivity contribution >= 4 is 11.4 Å². The zero-order chi connectivity index (χ0) is 13.8. The molecule has 0 aliphatic carbocycles. The molecule has 1 unspecified atom stereocenters. The van der Waals surface area contributed by atoms with Crippen LogP contribution < -0.4 is 5.32 Å². The van der Waals surface area contributed by atoms with Gasteiger partial charge in [-0.3, -0.25) is 10.1 Å². The molecule has 1 N–H and O–H groups in total. The number of hydrogen-bond acceptors (Lipinski definition) is 5. The second-order valence-electron chi connectivity index (χ2n) is 3.98. The number of nitriles is 1. The van der Waals surface area contributed by atoms with Gasteiger partial charge in [-0.1, -0.05) is 0 Å². The Morgan fingerprint density at radius 1 is 1.47 bits per heavy atom. The highest BCUT2D eigenvalue weighted by Crippen LogP contribution is 2.29. The maximum absolute atomic E-state index is 10.9. The van der Waals surface area contributed by atoms with Gasteiger partial charge in [-0.2, -0.15) is 5.26 Å². The molecule has 0 aliphatic heterocycles. The number of nitrogens with zero attached hydrogens (tertiary/aromatic N) is 2. The van der Waals surface area contributed by atoms with E-state index in [-0.39, 0.29) is 11.7 Å². The molecule has 2 rings (SSSR count). The van der Waals surface area contributed by atoms with Crippen LogP contribution in [0.15, 0.2) is 41.0 Å². The Kier molecular flexibility index (Phi) is 3.48. The molecular weight excluding hydrogens is 246 g/mol. The molecule has 2 aromatic rings. The zero-order valence-corrected chi connectivity index (χ0v) is 10.2. The fraction of sp³-hybridized carbons (Fsp3) is 0.154. The normalized spacial score (nSPS) is 11.6. The van der Waals surface area contributed by atoms with Crippen LogP contribution in [0.4, 0.5) is 11.4 Å². The molecule has 0 spiro atoms. The van der Waals surface area contributed by atoms with E-state index in [0.29, 0.717) is 17.0 Å². The van der Waals surface area contributed by atoms with Crippen molar-refractivity contribution in [2.45, 2.75) is 13.0 Å². The van der Waals surface area contributed by atoms with Crippen LogP contribution in [-0.4, -0.2) is 4.92 Å². The third-order valence-corrected chi connectivity index (χ3v) is 2.66. The highest BCUT2D eigenvalue weighted by atomic mass is 16.6. The van der Waals surface area contributed by atoms with Crippen molar-refractivity contribution in [1.82, 2.24) is 0 Å². The van der Waals surface area contributed by atoms with Crippen molar-refractivity contribution < 1.29 is 9.34 Å². The molecule has 0 bridgehead atoms. The van der Waals surface area contributed by atoms with Crippen LogP contribution in [0.25, 0.3) is 0 Å². The fourth-order valence-electron chi connectivity index (χ4n) is 1.72. The Morgan fingerprint density at radius 3 is 2.84 bits per heavy atom. The lowest BCUT2D eigenvalue weighted by Crippen LogP contribution is -2.07. The van der Waals surface area contributed by atoms with E-state index >= 15 is 0 Å². The third-order valence-electron chi connectivity index (χ3n) is 2.66. The molecule has 1 aromatic carbocycles. The number of hydrogen-bond donors (Lipinski definition) is 1. The average molecular weight is 257 g/mol. The molecule has 0 amide bonds. The van der Waals surface area contributed by atoms with Gasteiger partial charge in [0.1, 0.15) is 11.4 Å². The van der Waals surface area contributed by atoms with Gasteiger partial charge >= 0.3 is 0 Å². The molecular formula is C13H11N3O3.